The summed E-state index contributed by atoms with van der Waals surface area (Å²) in [4.78, 5) is 18.2. The molecule has 0 aliphatic carbocycles. The van der Waals surface area contributed by atoms with Gasteiger partial charge in [0.1, 0.15) is 5.82 Å². The first-order valence-corrected chi connectivity index (χ1v) is 9.58. The molecule has 0 bridgehead atoms. The van der Waals surface area contributed by atoms with E-state index >= 15 is 0 Å². The van der Waals surface area contributed by atoms with Gasteiger partial charge in [0.25, 0.3) is 0 Å². The van der Waals surface area contributed by atoms with Crippen molar-refractivity contribution in [3.8, 4) is 0 Å². The molecule has 0 radical (unpaired) electrons. The molecule has 0 aromatic carbocycles. The largest absolute Gasteiger partial charge is 0.370 e. The van der Waals surface area contributed by atoms with Gasteiger partial charge in [0.2, 0.25) is 5.91 Å². The Hall–Kier alpha value is -1.66. The zero-order valence-electron chi connectivity index (χ0n) is 15.5. The van der Waals surface area contributed by atoms with Crippen molar-refractivity contribution in [3.63, 3.8) is 0 Å². The second-order valence-electron chi connectivity index (χ2n) is 6.76. The fourth-order valence-corrected chi connectivity index (χ4v) is 3.19. The smallest absolute Gasteiger partial charge is 0.216 e. The van der Waals surface area contributed by atoms with Crippen molar-refractivity contribution in [2.24, 2.45) is 5.73 Å². The Morgan fingerprint density at radius 1 is 1.28 bits per heavy atom. The van der Waals surface area contributed by atoms with Crippen molar-refractivity contribution in [2.75, 3.05) is 44.6 Å². The van der Waals surface area contributed by atoms with Crippen molar-refractivity contribution < 1.29 is 4.79 Å². The van der Waals surface area contributed by atoms with Crippen molar-refractivity contribution in [2.45, 2.75) is 45.4 Å². The van der Waals surface area contributed by atoms with Gasteiger partial charge in [0.05, 0.1) is 0 Å². The Kier molecular flexibility index (Phi) is 8.69. The minimum Gasteiger partial charge on any atom is -0.370 e. The summed E-state index contributed by atoms with van der Waals surface area (Å²) in [7, 11) is 0. The Bertz CT molecular complexity index is 535. The molecule has 6 nitrogen and oxygen atoms in total. The third kappa shape index (κ3) is 7.40. The summed E-state index contributed by atoms with van der Waals surface area (Å²) in [6, 6.07) is 4.40. The molecule has 2 heterocycles. The normalized spacial score (nSPS) is 13.4. The highest BCUT2D eigenvalue weighted by molar-refractivity contribution is 5.72. The minimum absolute atomic E-state index is 0.0332. The molecule has 0 fully saturated rings. The van der Waals surface area contributed by atoms with Gasteiger partial charge in [-0.15, -0.1) is 0 Å². The topological polar surface area (TPSA) is 83.3 Å². The van der Waals surface area contributed by atoms with Gasteiger partial charge in [0.15, 0.2) is 0 Å². The highest BCUT2D eigenvalue weighted by atomic mass is 16.1. The van der Waals surface area contributed by atoms with E-state index in [9.17, 15) is 4.79 Å². The second-order valence-corrected chi connectivity index (χ2v) is 6.76. The number of nitrogens with zero attached hydrogens (tertiary/aromatic N) is 2. The number of aromatic nitrogens is 1. The molecule has 0 saturated carbocycles. The van der Waals surface area contributed by atoms with E-state index in [0.29, 0.717) is 13.1 Å². The van der Waals surface area contributed by atoms with E-state index in [1.54, 1.807) is 6.92 Å². The summed E-state index contributed by atoms with van der Waals surface area (Å²) in [6.45, 7) is 6.94. The molecule has 1 amide bonds. The number of nitrogens with one attached hydrogen (secondary N) is 2. The number of hydrogen-bond acceptors (Lipinski definition) is 5. The molecule has 0 unspecified atom stereocenters. The van der Waals surface area contributed by atoms with Gasteiger partial charge in [-0.2, -0.15) is 0 Å². The summed E-state index contributed by atoms with van der Waals surface area (Å²) in [5.74, 6) is 1.12. The Labute approximate surface area is 151 Å². The monoisotopic (exact) mass is 347 g/mol. The molecular weight excluding hydrogens is 314 g/mol. The number of nitrogens with two attached hydrogens (primary N) is 1. The predicted molar refractivity (Wildman–Crippen MR) is 103 cm³/mol. The molecule has 0 saturated heterocycles. The molecule has 1 aromatic heterocycles. The molecular formula is C19H33N5O. The van der Waals surface area contributed by atoms with Crippen molar-refractivity contribution in [1.82, 2.24) is 15.2 Å². The average Bonchev–Trinajstić information content (AvgIpc) is 2.62. The molecule has 2 rings (SSSR count). The van der Waals surface area contributed by atoms with E-state index in [0.717, 1.165) is 64.1 Å². The third-order valence-corrected chi connectivity index (χ3v) is 4.59. The molecule has 25 heavy (non-hydrogen) atoms. The SMILES string of the molecule is CC(=O)NCCN(CCCN)CCCCc1ccc2c(n1)NCCC2. The lowest BCUT2D eigenvalue weighted by Crippen LogP contribution is -2.35. The van der Waals surface area contributed by atoms with E-state index in [2.05, 4.69) is 27.7 Å². The summed E-state index contributed by atoms with van der Waals surface area (Å²) >= 11 is 0. The van der Waals surface area contributed by atoms with E-state index < -0.39 is 0 Å². The maximum absolute atomic E-state index is 11.0. The van der Waals surface area contributed by atoms with Gasteiger partial charge in [-0.3, -0.25) is 4.79 Å². The van der Waals surface area contributed by atoms with Crippen molar-refractivity contribution in [1.29, 1.82) is 0 Å². The quantitative estimate of drug-likeness (QED) is 0.529. The van der Waals surface area contributed by atoms with Crippen molar-refractivity contribution in [3.05, 3.63) is 23.4 Å². The highest BCUT2D eigenvalue weighted by Gasteiger charge is 2.10. The maximum Gasteiger partial charge on any atom is 0.216 e. The lowest BCUT2D eigenvalue weighted by Gasteiger charge is -2.22. The van der Waals surface area contributed by atoms with Crippen LogP contribution in [0.15, 0.2) is 12.1 Å². The zero-order chi connectivity index (χ0) is 17.9. The summed E-state index contributed by atoms with van der Waals surface area (Å²) in [5.41, 5.74) is 8.16. The lowest BCUT2D eigenvalue weighted by atomic mass is 10.1. The lowest BCUT2D eigenvalue weighted by molar-refractivity contribution is -0.119. The first kappa shape index (κ1) is 19.7. The molecule has 1 aliphatic heterocycles. The van der Waals surface area contributed by atoms with Crippen LogP contribution < -0.4 is 16.4 Å². The van der Waals surface area contributed by atoms with E-state index in [1.807, 2.05) is 0 Å². The Morgan fingerprint density at radius 3 is 2.92 bits per heavy atom. The van der Waals surface area contributed by atoms with Gasteiger partial charge in [0, 0.05) is 32.3 Å². The standard InChI is InChI=1S/C19H33N5O/c1-16(25)21-12-15-24(14-5-10-20)13-3-2-7-18-9-8-17-6-4-11-22-19(17)23-18/h8-9H,2-7,10-15,20H2,1H3,(H,21,25)(H,22,23). The average molecular weight is 348 g/mol. The van der Waals surface area contributed by atoms with Crippen LogP contribution >= 0.6 is 0 Å². The van der Waals surface area contributed by atoms with Crippen LogP contribution in [0.5, 0.6) is 0 Å². The third-order valence-electron chi connectivity index (χ3n) is 4.59. The highest BCUT2D eigenvalue weighted by Crippen LogP contribution is 2.20. The number of anilines is 1. The molecule has 1 aliphatic rings. The van der Waals surface area contributed by atoms with Gasteiger partial charge >= 0.3 is 0 Å². The van der Waals surface area contributed by atoms with Crippen LogP contribution in [0.2, 0.25) is 0 Å². The van der Waals surface area contributed by atoms with Crippen LogP contribution in [-0.2, 0) is 17.6 Å². The predicted octanol–water partition coefficient (Wildman–Crippen LogP) is 1.55. The van der Waals surface area contributed by atoms with Gasteiger partial charge in [-0.05, 0) is 69.8 Å². The summed E-state index contributed by atoms with van der Waals surface area (Å²) in [6.07, 6.45) is 6.62. The summed E-state index contributed by atoms with van der Waals surface area (Å²) < 4.78 is 0. The second kappa shape index (κ2) is 11.1. The minimum atomic E-state index is 0.0332. The van der Waals surface area contributed by atoms with Crippen LogP contribution in [0, 0.1) is 0 Å². The number of unbranched alkanes of at least 4 members (excludes halogenated alkanes) is 1. The Morgan fingerprint density at radius 2 is 2.12 bits per heavy atom. The molecule has 1 aromatic rings. The zero-order valence-corrected chi connectivity index (χ0v) is 15.5. The fraction of sp³-hybridized carbons (Fsp3) is 0.684. The first-order chi connectivity index (χ1) is 12.2. The van der Waals surface area contributed by atoms with Crippen LogP contribution in [0.4, 0.5) is 5.82 Å². The number of hydrogen-bond donors (Lipinski definition) is 3. The fourth-order valence-electron chi connectivity index (χ4n) is 3.19. The number of rotatable bonds is 11. The number of aryl methyl sites for hydroxylation is 2. The maximum atomic E-state index is 11.0. The van der Waals surface area contributed by atoms with Gasteiger partial charge in [-0.1, -0.05) is 6.07 Å². The number of pyridine rings is 1. The van der Waals surface area contributed by atoms with E-state index in [-0.39, 0.29) is 5.91 Å². The van der Waals surface area contributed by atoms with Gasteiger partial charge in [-0.25, -0.2) is 4.98 Å². The molecule has 6 heteroatoms. The molecule has 0 atom stereocenters. The number of amides is 1. The Balaban J connectivity index is 1.70. The van der Waals surface area contributed by atoms with Crippen LogP contribution in [0.1, 0.15) is 43.9 Å². The van der Waals surface area contributed by atoms with Crippen LogP contribution in [-0.4, -0.2) is 55.1 Å². The van der Waals surface area contributed by atoms with E-state index in [4.69, 9.17) is 10.7 Å². The molecule has 0 spiro atoms. The van der Waals surface area contributed by atoms with Crippen LogP contribution in [0.25, 0.3) is 0 Å². The first-order valence-electron chi connectivity index (χ1n) is 9.58. The van der Waals surface area contributed by atoms with Gasteiger partial charge < -0.3 is 21.3 Å². The van der Waals surface area contributed by atoms with E-state index in [1.165, 1.54) is 17.7 Å². The van der Waals surface area contributed by atoms with Crippen LogP contribution in [0.3, 0.4) is 0 Å². The number of carbonyl (C=O) groups is 1. The van der Waals surface area contributed by atoms with Crippen molar-refractivity contribution >= 4 is 11.7 Å². The molecule has 140 valence electrons. The molecule has 4 N–H and O–H groups in total. The summed E-state index contributed by atoms with van der Waals surface area (Å²) in [5, 5.41) is 6.27. The number of carbonyl (C=O) groups excluding carboxylic acids is 1. The number of fused-ring (bicyclic) bond motifs is 1.